The minimum Gasteiger partial charge on any atom is -0.482 e. The first kappa shape index (κ1) is 28.1. The number of thioether (sulfide) groups is 2. The average molecular weight is 575 g/mol. The van der Waals surface area contributed by atoms with Crippen LogP contribution in [0.25, 0.3) is 10.4 Å². The van der Waals surface area contributed by atoms with Gasteiger partial charge in [-0.3, -0.25) is 0 Å². The second kappa shape index (κ2) is 12.8. The third kappa shape index (κ3) is 7.82. The number of hydrogen-bond donors (Lipinski definition) is 1. The second-order valence-corrected chi connectivity index (χ2v) is 11.7. The molecule has 4 aromatic rings. The Kier molecular flexibility index (Phi) is 9.46. The zero-order chi connectivity index (χ0) is 27.1. The predicted octanol–water partition coefficient (Wildman–Crippen LogP) is 8.93. The van der Waals surface area contributed by atoms with Crippen LogP contribution in [0.15, 0.2) is 83.8 Å². The Morgan fingerprint density at radius 1 is 0.947 bits per heavy atom. The molecule has 0 saturated heterocycles. The molecule has 1 aromatic heterocycles. The number of thiophene rings is 1. The summed E-state index contributed by atoms with van der Waals surface area (Å²) in [7, 11) is 0. The topological polar surface area (TPSA) is 46.5 Å². The molecule has 0 atom stereocenters. The van der Waals surface area contributed by atoms with Crippen molar-refractivity contribution >= 4 is 40.8 Å². The summed E-state index contributed by atoms with van der Waals surface area (Å²) in [5.74, 6) is 1.89. The number of carboxylic acids is 1. The minimum atomic E-state index is -4.36. The van der Waals surface area contributed by atoms with Gasteiger partial charge in [-0.15, -0.1) is 23.1 Å². The van der Waals surface area contributed by atoms with Crippen molar-refractivity contribution in [2.75, 3.05) is 6.61 Å². The quantitative estimate of drug-likeness (QED) is 0.181. The number of ether oxygens (including phenoxy) is 1. The highest BCUT2D eigenvalue weighted by molar-refractivity contribution is 7.98. The zero-order valence-electron chi connectivity index (χ0n) is 20.5. The summed E-state index contributed by atoms with van der Waals surface area (Å²) in [4.78, 5) is 13.9. The molecule has 0 fully saturated rings. The number of halogens is 3. The van der Waals surface area contributed by atoms with E-state index in [9.17, 15) is 18.0 Å². The van der Waals surface area contributed by atoms with Gasteiger partial charge in [0.2, 0.25) is 0 Å². The molecule has 0 amide bonds. The Bertz CT molecular complexity index is 1370. The van der Waals surface area contributed by atoms with Gasteiger partial charge < -0.3 is 9.84 Å². The van der Waals surface area contributed by atoms with Crippen molar-refractivity contribution in [3.63, 3.8) is 0 Å². The van der Waals surface area contributed by atoms with Crippen LogP contribution in [-0.2, 0) is 28.2 Å². The minimum absolute atomic E-state index is 0.390. The molecule has 9 heteroatoms. The number of hydrogen-bond acceptors (Lipinski definition) is 5. The highest BCUT2D eigenvalue weighted by Crippen LogP contribution is 2.39. The first-order valence-electron chi connectivity index (χ1n) is 11.7. The summed E-state index contributed by atoms with van der Waals surface area (Å²) in [6.45, 7) is 1.49. The van der Waals surface area contributed by atoms with Crippen molar-refractivity contribution in [3.05, 3.63) is 106 Å². The van der Waals surface area contributed by atoms with Crippen LogP contribution < -0.4 is 4.74 Å². The van der Waals surface area contributed by atoms with Crippen LogP contribution in [0.5, 0.6) is 5.75 Å². The third-order valence-electron chi connectivity index (χ3n) is 5.63. The predicted molar refractivity (Wildman–Crippen MR) is 150 cm³/mol. The Balaban J connectivity index is 1.50. The van der Waals surface area contributed by atoms with Gasteiger partial charge in [-0.2, -0.15) is 24.9 Å². The molecule has 4 rings (SSSR count). The highest BCUT2D eigenvalue weighted by Gasteiger charge is 2.30. The molecule has 0 radical (unpaired) electrons. The molecule has 0 aliphatic heterocycles. The summed E-state index contributed by atoms with van der Waals surface area (Å²) in [6.07, 6.45) is -4.36. The number of rotatable bonds is 11. The summed E-state index contributed by atoms with van der Waals surface area (Å²) in [5, 5.41) is 8.84. The van der Waals surface area contributed by atoms with Crippen LogP contribution >= 0.6 is 34.9 Å². The van der Waals surface area contributed by atoms with E-state index in [0.29, 0.717) is 11.5 Å². The van der Waals surface area contributed by atoms with Gasteiger partial charge in [-0.25, -0.2) is 4.79 Å². The molecule has 0 aliphatic carbocycles. The highest BCUT2D eigenvalue weighted by atomic mass is 32.2. The molecule has 0 unspecified atom stereocenters. The summed E-state index contributed by atoms with van der Waals surface area (Å²) < 4.78 is 44.4. The Morgan fingerprint density at radius 3 is 2.34 bits per heavy atom. The van der Waals surface area contributed by atoms with Gasteiger partial charge in [0, 0.05) is 31.9 Å². The lowest BCUT2D eigenvalue weighted by atomic mass is 10.1. The maximum atomic E-state index is 13.0. The van der Waals surface area contributed by atoms with Crippen molar-refractivity contribution in [1.82, 2.24) is 0 Å². The van der Waals surface area contributed by atoms with E-state index < -0.39 is 17.7 Å². The third-order valence-corrected chi connectivity index (χ3v) is 9.11. The number of aryl methyl sites for hydroxylation is 1. The van der Waals surface area contributed by atoms with Crippen molar-refractivity contribution in [2.24, 2.45) is 0 Å². The van der Waals surface area contributed by atoms with Crippen molar-refractivity contribution in [1.29, 1.82) is 0 Å². The molecule has 3 aromatic carbocycles. The average Bonchev–Trinajstić information content (AvgIpc) is 3.30. The van der Waals surface area contributed by atoms with Gasteiger partial charge >= 0.3 is 12.1 Å². The first-order valence-corrected chi connectivity index (χ1v) is 14.6. The maximum Gasteiger partial charge on any atom is 0.416 e. The number of carboxylic acid groups (broad SMARTS) is 1. The standard InChI is InChI=1S/C29H25F3O3S3/c1-19-13-24(11-12-25(19)35-15-28(33)34)37-18-27-22(17-36-16-20-5-3-2-4-6-20)14-26(38-27)21-7-9-23(10-8-21)29(30,31)32/h2-14H,15-18H2,1H3,(H,33,34). The molecule has 198 valence electrons. The molecule has 38 heavy (non-hydrogen) atoms. The number of alkyl halides is 3. The summed E-state index contributed by atoms with van der Waals surface area (Å²) in [5.41, 5.74) is 3.39. The van der Waals surface area contributed by atoms with Crippen molar-refractivity contribution < 1.29 is 27.8 Å². The van der Waals surface area contributed by atoms with Crippen molar-refractivity contribution in [3.8, 4) is 16.2 Å². The van der Waals surface area contributed by atoms with Crippen LogP contribution in [-0.4, -0.2) is 17.7 Å². The zero-order valence-corrected chi connectivity index (χ0v) is 22.9. The Hall–Kier alpha value is -2.88. The van der Waals surface area contributed by atoms with Crippen LogP contribution in [0.3, 0.4) is 0 Å². The van der Waals surface area contributed by atoms with Gasteiger partial charge in [0.15, 0.2) is 6.61 Å². The molecular formula is C29H25F3O3S3. The van der Waals surface area contributed by atoms with Crippen LogP contribution in [0.2, 0.25) is 0 Å². The smallest absolute Gasteiger partial charge is 0.416 e. The second-order valence-electron chi connectivity index (χ2n) is 8.51. The monoisotopic (exact) mass is 574 g/mol. The van der Waals surface area contributed by atoms with E-state index in [0.717, 1.165) is 44.5 Å². The van der Waals surface area contributed by atoms with E-state index in [1.807, 2.05) is 37.3 Å². The molecule has 0 spiro atoms. The lowest BCUT2D eigenvalue weighted by Crippen LogP contribution is -2.09. The van der Waals surface area contributed by atoms with E-state index in [1.54, 1.807) is 40.9 Å². The van der Waals surface area contributed by atoms with Crippen LogP contribution in [0, 0.1) is 6.92 Å². The normalized spacial score (nSPS) is 11.5. The number of benzene rings is 3. The molecule has 1 heterocycles. The van der Waals surface area contributed by atoms with Gasteiger partial charge in [-0.05, 0) is 65.6 Å². The summed E-state index contributed by atoms with van der Waals surface area (Å²) >= 11 is 5.07. The number of aliphatic carboxylic acids is 1. The fourth-order valence-electron chi connectivity index (χ4n) is 3.69. The fraction of sp³-hybridized carbons (Fsp3) is 0.207. The molecular weight excluding hydrogens is 550 g/mol. The maximum absolute atomic E-state index is 13.0. The lowest BCUT2D eigenvalue weighted by molar-refractivity contribution is -0.139. The van der Waals surface area contributed by atoms with E-state index in [1.165, 1.54) is 28.1 Å². The van der Waals surface area contributed by atoms with Gasteiger partial charge in [0.25, 0.3) is 0 Å². The van der Waals surface area contributed by atoms with Crippen LogP contribution in [0.1, 0.15) is 27.1 Å². The SMILES string of the molecule is Cc1cc(SCc2sc(-c3ccc(C(F)(F)F)cc3)cc2CSCc2ccccc2)ccc1OCC(=O)O. The largest absolute Gasteiger partial charge is 0.482 e. The molecule has 3 nitrogen and oxygen atoms in total. The van der Waals surface area contributed by atoms with Gasteiger partial charge in [0.05, 0.1) is 5.56 Å². The Labute approximate surface area is 232 Å². The molecule has 0 aliphatic rings. The van der Waals surface area contributed by atoms with E-state index >= 15 is 0 Å². The fourth-order valence-corrected chi connectivity index (χ4v) is 7.09. The Morgan fingerprint density at radius 2 is 1.68 bits per heavy atom. The van der Waals surface area contributed by atoms with E-state index in [-0.39, 0.29) is 6.61 Å². The molecule has 1 N–H and O–H groups in total. The summed E-state index contributed by atoms with van der Waals surface area (Å²) in [6, 6.07) is 23.3. The number of carbonyl (C=O) groups is 1. The van der Waals surface area contributed by atoms with Gasteiger partial charge in [0.1, 0.15) is 5.75 Å². The van der Waals surface area contributed by atoms with E-state index in [4.69, 9.17) is 9.84 Å². The van der Waals surface area contributed by atoms with Crippen molar-refractivity contribution in [2.45, 2.75) is 35.3 Å². The molecule has 0 bridgehead atoms. The molecule has 0 saturated carbocycles. The van der Waals surface area contributed by atoms with Gasteiger partial charge in [-0.1, -0.05) is 42.5 Å². The van der Waals surface area contributed by atoms with E-state index in [2.05, 4.69) is 18.2 Å². The van der Waals surface area contributed by atoms with Crippen LogP contribution in [0.4, 0.5) is 13.2 Å². The lowest BCUT2D eigenvalue weighted by Gasteiger charge is -2.09. The first-order chi connectivity index (χ1) is 18.2.